The molecule has 1 saturated heterocycles. The Morgan fingerprint density at radius 1 is 1.16 bits per heavy atom. The Hall–Kier alpha value is -0.440. The zero-order chi connectivity index (χ0) is 13.4. The minimum Gasteiger partial charge on any atom is -0.488 e. The average molecular weight is 300 g/mol. The van der Waals surface area contributed by atoms with Gasteiger partial charge in [-0.1, -0.05) is 23.2 Å². The number of hydrogen-bond acceptors (Lipinski definition) is 2. The summed E-state index contributed by atoms with van der Waals surface area (Å²) in [4.78, 5) is 0. The Bertz CT molecular complexity index is 467. The van der Waals surface area contributed by atoms with Gasteiger partial charge in [0.15, 0.2) is 0 Å². The van der Waals surface area contributed by atoms with Crippen molar-refractivity contribution in [2.75, 3.05) is 13.1 Å². The highest BCUT2D eigenvalue weighted by Crippen LogP contribution is 2.41. The molecule has 2 nitrogen and oxygen atoms in total. The molecule has 1 aliphatic heterocycles. The fourth-order valence-corrected chi connectivity index (χ4v) is 3.25. The van der Waals surface area contributed by atoms with Crippen LogP contribution in [0.3, 0.4) is 0 Å². The topological polar surface area (TPSA) is 21.3 Å². The second-order valence-electron chi connectivity index (χ2n) is 5.70. The fraction of sp³-hybridized carbons (Fsp3) is 0.600. The highest BCUT2D eigenvalue weighted by molar-refractivity contribution is 6.36. The van der Waals surface area contributed by atoms with Crippen LogP contribution in [0.5, 0.6) is 5.75 Å². The smallest absolute Gasteiger partial charge is 0.138 e. The van der Waals surface area contributed by atoms with E-state index in [4.69, 9.17) is 27.9 Å². The third-order valence-corrected chi connectivity index (χ3v) is 4.83. The van der Waals surface area contributed by atoms with Crippen LogP contribution in [0.1, 0.15) is 24.8 Å². The number of halogens is 2. The molecule has 19 heavy (non-hydrogen) atoms. The molecule has 1 heterocycles. The molecule has 3 rings (SSSR count). The van der Waals surface area contributed by atoms with Gasteiger partial charge in [-0.05, 0) is 56.3 Å². The van der Waals surface area contributed by atoms with E-state index in [1.165, 1.54) is 19.3 Å². The molecule has 1 aromatic rings. The molecule has 0 bridgehead atoms. The van der Waals surface area contributed by atoms with Crippen LogP contribution in [0.25, 0.3) is 0 Å². The molecule has 1 aliphatic carbocycles. The van der Waals surface area contributed by atoms with Crippen molar-refractivity contribution in [1.82, 2.24) is 5.32 Å². The van der Waals surface area contributed by atoms with Gasteiger partial charge >= 0.3 is 0 Å². The third-order valence-electron chi connectivity index (χ3n) is 4.13. The first-order valence-corrected chi connectivity index (χ1v) is 7.74. The minimum absolute atomic E-state index is 0.299. The summed E-state index contributed by atoms with van der Waals surface area (Å²) in [5, 5.41) is 4.74. The standard InChI is InChI=1S/C15H19Cl2NO/c1-9-6-14(13(17)7-12(9)16)19-15(10-2-3-10)11-4-5-18-8-11/h6-7,10-11,15,18H,2-5,8H2,1H3/t11-,15?/m0/s1. The molecular formula is C15H19Cl2NO. The summed E-state index contributed by atoms with van der Waals surface area (Å²) < 4.78 is 6.26. The normalized spacial score (nSPS) is 24.5. The summed E-state index contributed by atoms with van der Waals surface area (Å²) in [5.41, 5.74) is 1.01. The highest BCUT2D eigenvalue weighted by Gasteiger charge is 2.39. The van der Waals surface area contributed by atoms with Crippen molar-refractivity contribution >= 4 is 23.2 Å². The van der Waals surface area contributed by atoms with E-state index in [0.717, 1.165) is 24.4 Å². The van der Waals surface area contributed by atoms with Crippen molar-refractivity contribution in [3.63, 3.8) is 0 Å². The largest absolute Gasteiger partial charge is 0.488 e. The zero-order valence-electron chi connectivity index (χ0n) is 11.1. The van der Waals surface area contributed by atoms with E-state index >= 15 is 0 Å². The van der Waals surface area contributed by atoms with Crippen molar-refractivity contribution in [2.45, 2.75) is 32.3 Å². The van der Waals surface area contributed by atoms with E-state index in [1.54, 1.807) is 6.07 Å². The van der Waals surface area contributed by atoms with Gasteiger partial charge in [0.05, 0.1) is 5.02 Å². The zero-order valence-corrected chi connectivity index (χ0v) is 12.6. The van der Waals surface area contributed by atoms with Gasteiger partial charge in [-0.25, -0.2) is 0 Å². The summed E-state index contributed by atoms with van der Waals surface area (Å²) >= 11 is 12.3. The van der Waals surface area contributed by atoms with E-state index in [-0.39, 0.29) is 0 Å². The van der Waals surface area contributed by atoms with Gasteiger partial charge < -0.3 is 10.1 Å². The number of ether oxygens (including phenoxy) is 1. The third kappa shape index (κ3) is 3.01. The first-order valence-electron chi connectivity index (χ1n) is 6.98. The lowest BCUT2D eigenvalue weighted by Gasteiger charge is -2.25. The van der Waals surface area contributed by atoms with E-state index in [1.807, 2.05) is 13.0 Å². The second kappa shape index (κ2) is 5.51. The molecule has 1 unspecified atom stereocenters. The van der Waals surface area contributed by atoms with Crippen molar-refractivity contribution < 1.29 is 4.74 Å². The van der Waals surface area contributed by atoms with Crippen LogP contribution in [0.4, 0.5) is 0 Å². The van der Waals surface area contributed by atoms with Crippen molar-refractivity contribution in [1.29, 1.82) is 0 Å². The van der Waals surface area contributed by atoms with E-state index < -0.39 is 0 Å². The molecule has 1 N–H and O–H groups in total. The molecule has 2 fully saturated rings. The maximum atomic E-state index is 6.26. The first-order chi connectivity index (χ1) is 9.15. The van der Waals surface area contributed by atoms with Crippen molar-refractivity contribution in [2.24, 2.45) is 11.8 Å². The minimum atomic E-state index is 0.299. The molecule has 4 heteroatoms. The molecule has 1 aromatic carbocycles. The lowest BCUT2D eigenvalue weighted by molar-refractivity contribution is 0.121. The van der Waals surface area contributed by atoms with Crippen molar-refractivity contribution in [3.05, 3.63) is 27.7 Å². The SMILES string of the molecule is Cc1cc(OC(C2CC2)[C@H]2CCNC2)c(Cl)cc1Cl. The Balaban J connectivity index is 1.79. The van der Waals surface area contributed by atoms with E-state index in [2.05, 4.69) is 5.32 Å². The van der Waals surface area contributed by atoms with Crippen molar-refractivity contribution in [3.8, 4) is 5.75 Å². The van der Waals surface area contributed by atoms with Crippen LogP contribution in [0, 0.1) is 18.8 Å². The maximum absolute atomic E-state index is 6.26. The lowest BCUT2D eigenvalue weighted by atomic mass is 9.97. The van der Waals surface area contributed by atoms with Crippen LogP contribution in [0.15, 0.2) is 12.1 Å². The molecule has 2 atom stereocenters. The van der Waals surface area contributed by atoms with Gasteiger partial charge in [0, 0.05) is 17.5 Å². The molecule has 1 saturated carbocycles. The Morgan fingerprint density at radius 2 is 1.95 bits per heavy atom. The molecule has 0 radical (unpaired) electrons. The maximum Gasteiger partial charge on any atom is 0.138 e. The van der Waals surface area contributed by atoms with Gasteiger partial charge in [-0.3, -0.25) is 0 Å². The van der Waals surface area contributed by atoms with E-state index in [0.29, 0.717) is 28.0 Å². The Labute approximate surface area is 124 Å². The van der Waals surface area contributed by atoms with Gasteiger partial charge in [0.1, 0.15) is 11.9 Å². The fourth-order valence-electron chi connectivity index (χ4n) is 2.83. The summed E-state index contributed by atoms with van der Waals surface area (Å²) in [5.74, 6) is 2.10. The number of aryl methyl sites for hydroxylation is 1. The van der Waals surface area contributed by atoms with Gasteiger partial charge in [0.2, 0.25) is 0 Å². The van der Waals surface area contributed by atoms with Gasteiger partial charge in [0.25, 0.3) is 0 Å². The quantitative estimate of drug-likeness (QED) is 0.905. The predicted molar refractivity (Wildman–Crippen MR) is 79.3 cm³/mol. The van der Waals surface area contributed by atoms with Gasteiger partial charge in [-0.2, -0.15) is 0 Å². The molecular weight excluding hydrogens is 281 g/mol. The average Bonchev–Trinajstić information content (AvgIpc) is 3.07. The van der Waals surface area contributed by atoms with Crippen LogP contribution in [-0.4, -0.2) is 19.2 Å². The lowest BCUT2D eigenvalue weighted by Crippen LogP contribution is -2.31. The number of benzene rings is 1. The summed E-state index contributed by atoms with van der Waals surface area (Å²) in [7, 11) is 0. The van der Waals surface area contributed by atoms with Crippen LogP contribution < -0.4 is 10.1 Å². The Morgan fingerprint density at radius 3 is 2.58 bits per heavy atom. The predicted octanol–water partition coefficient (Wildman–Crippen LogP) is 4.07. The molecule has 0 amide bonds. The number of hydrogen-bond donors (Lipinski definition) is 1. The monoisotopic (exact) mass is 299 g/mol. The first kappa shape index (κ1) is 13.5. The molecule has 104 valence electrons. The number of nitrogens with one attached hydrogen (secondary N) is 1. The summed E-state index contributed by atoms with van der Waals surface area (Å²) in [6.07, 6.45) is 4.07. The Kier molecular flexibility index (Phi) is 3.93. The summed E-state index contributed by atoms with van der Waals surface area (Å²) in [6.45, 7) is 4.14. The second-order valence-corrected chi connectivity index (χ2v) is 6.52. The summed E-state index contributed by atoms with van der Waals surface area (Å²) in [6, 6.07) is 3.74. The van der Waals surface area contributed by atoms with Gasteiger partial charge in [-0.15, -0.1) is 0 Å². The van der Waals surface area contributed by atoms with Crippen LogP contribution in [-0.2, 0) is 0 Å². The van der Waals surface area contributed by atoms with Crippen LogP contribution >= 0.6 is 23.2 Å². The highest BCUT2D eigenvalue weighted by atomic mass is 35.5. The van der Waals surface area contributed by atoms with Crippen LogP contribution in [0.2, 0.25) is 10.0 Å². The molecule has 2 aliphatic rings. The van der Waals surface area contributed by atoms with E-state index in [9.17, 15) is 0 Å². The molecule has 0 aromatic heterocycles. The molecule has 0 spiro atoms. The number of rotatable bonds is 4.